The number of hydrogen-bond donors (Lipinski definition) is 2. The minimum absolute atomic E-state index is 0.218. The number of hydrogen-bond acceptors (Lipinski definition) is 3. The molecule has 0 aliphatic rings. The van der Waals surface area contributed by atoms with Gasteiger partial charge in [0.2, 0.25) is 0 Å². The van der Waals surface area contributed by atoms with Crippen LogP contribution in [0.25, 0.3) is 0 Å². The normalized spacial score (nSPS) is 11.4. The summed E-state index contributed by atoms with van der Waals surface area (Å²) in [5.74, 6) is -0.579. The van der Waals surface area contributed by atoms with E-state index in [0.717, 1.165) is 6.07 Å². The Morgan fingerprint density at radius 2 is 1.90 bits per heavy atom. The van der Waals surface area contributed by atoms with Gasteiger partial charge < -0.3 is 11.1 Å². The highest BCUT2D eigenvalue weighted by Crippen LogP contribution is 2.32. The lowest BCUT2D eigenvalue weighted by molar-refractivity contribution is -0.137. The van der Waals surface area contributed by atoms with E-state index in [-0.39, 0.29) is 11.5 Å². The molecule has 3 nitrogen and oxygen atoms in total. The first-order valence-electron chi connectivity index (χ1n) is 5.63. The summed E-state index contributed by atoms with van der Waals surface area (Å²) in [5, 5.41) is 2.51. The van der Waals surface area contributed by atoms with Gasteiger partial charge in [-0.1, -0.05) is 0 Å². The lowest BCUT2D eigenvalue weighted by atomic mass is 10.2. The molecule has 0 radical (unpaired) electrons. The van der Waals surface area contributed by atoms with Crippen molar-refractivity contribution >= 4 is 17.2 Å². The maximum absolute atomic E-state index is 13.5. The van der Waals surface area contributed by atoms with Gasteiger partial charge >= 0.3 is 6.18 Å². The molecule has 2 rings (SSSR count). The first kappa shape index (κ1) is 14.1. The van der Waals surface area contributed by atoms with Crippen LogP contribution in [0.2, 0.25) is 0 Å². The second-order valence-electron chi connectivity index (χ2n) is 4.24. The van der Waals surface area contributed by atoms with Crippen LogP contribution in [0, 0.1) is 12.7 Å². The third-order valence-electron chi connectivity index (χ3n) is 2.71. The van der Waals surface area contributed by atoms with Crippen molar-refractivity contribution in [1.82, 2.24) is 4.98 Å². The number of rotatable bonds is 2. The Morgan fingerprint density at radius 3 is 2.50 bits per heavy atom. The van der Waals surface area contributed by atoms with Crippen LogP contribution in [-0.4, -0.2) is 4.98 Å². The van der Waals surface area contributed by atoms with Gasteiger partial charge in [0.25, 0.3) is 0 Å². The van der Waals surface area contributed by atoms with Crippen LogP contribution >= 0.6 is 0 Å². The van der Waals surface area contributed by atoms with Gasteiger partial charge in [0.1, 0.15) is 11.6 Å². The molecule has 1 aromatic heterocycles. The minimum Gasteiger partial charge on any atom is -0.397 e. The van der Waals surface area contributed by atoms with E-state index in [1.807, 2.05) is 0 Å². The quantitative estimate of drug-likeness (QED) is 0.823. The van der Waals surface area contributed by atoms with Crippen molar-refractivity contribution in [3.8, 4) is 0 Å². The number of nitrogens with two attached hydrogens (primary N) is 1. The molecule has 0 amide bonds. The fraction of sp³-hybridized carbons (Fsp3) is 0.154. The average Bonchev–Trinajstić information content (AvgIpc) is 2.35. The molecule has 7 heteroatoms. The van der Waals surface area contributed by atoms with Gasteiger partial charge in [-0.25, -0.2) is 9.37 Å². The molecule has 0 fully saturated rings. The number of nitrogen functional groups attached to an aromatic ring is 1. The zero-order chi connectivity index (χ0) is 14.9. The monoisotopic (exact) mass is 285 g/mol. The second kappa shape index (κ2) is 4.99. The van der Waals surface area contributed by atoms with Crippen molar-refractivity contribution in [2.75, 3.05) is 11.1 Å². The topological polar surface area (TPSA) is 50.9 Å². The molecule has 1 aromatic carbocycles. The summed E-state index contributed by atoms with van der Waals surface area (Å²) in [5.41, 5.74) is 5.48. The fourth-order valence-electron chi connectivity index (χ4n) is 1.57. The van der Waals surface area contributed by atoms with E-state index in [4.69, 9.17) is 5.73 Å². The van der Waals surface area contributed by atoms with Gasteiger partial charge in [-0.2, -0.15) is 13.2 Å². The van der Waals surface area contributed by atoms with Crippen molar-refractivity contribution in [2.24, 2.45) is 0 Å². The van der Waals surface area contributed by atoms with Crippen LogP contribution < -0.4 is 11.1 Å². The van der Waals surface area contributed by atoms with Crippen LogP contribution in [-0.2, 0) is 6.18 Å². The van der Waals surface area contributed by atoms with Crippen molar-refractivity contribution < 1.29 is 17.6 Å². The molecule has 20 heavy (non-hydrogen) atoms. The molecular weight excluding hydrogens is 274 g/mol. The van der Waals surface area contributed by atoms with E-state index < -0.39 is 17.6 Å². The third kappa shape index (κ3) is 2.98. The lowest BCUT2D eigenvalue weighted by Gasteiger charge is -2.12. The summed E-state index contributed by atoms with van der Waals surface area (Å²) in [7, 11) is 0. The minimum atomic E-state index is -4.53. The predicted octanol–water partition coefficient (Wildman–Crippen LogP) is 3.87. The van der Waals surface area contributed by atoms with E-state index in [9.17, 15) is 17.6 Å². The number of alkyl halides is 3. The summed E-state index contributed by atoms with van der Waals surface area (Å²) >= 11 is 0. The molecule has 3 N–H and O–H groups in total. The maximum atomic E-state index is 13.5. The summed E-state index contributed by atoms with van der Waals surface area (Å²) in [6, 6.07) is 3.66. The smallest absolute Gasteiger partial charge is 0.397 e. The highest BCUT2D eigenvalue weighted by molar-refractivity contribution is 5.61. The van der Waals surface area contributed by atoms with Crippen LogP contribution in [0.5, 0.6) is 0 Å². The van der Waals surface area contributed by atoms with Crippen LogP contribution in [0.3, 0.4) is 0 Å². The van der Waals surface area contributed by atoms with Gasteiger partial charge in [0, 0.05) is 0 Å². The number of aromatic nitrogens is 1. The van der Waals surface area contributed by atoms with Gasteiger partial charge in [-0.15, -0.1) is 0 Å². The van der Waals surface area contributed by atoms with Gasteiger partial charge in [-0.05, 0) is 36.8 Å². The number of nitrogens with one attached hydrogen (secondary N) is 1. The highest BCUT2D eigenvalue weighted by Gasteiger charge is 2.31. The Kier molecular flexibility index (Phi) is 3.52. The fourth-order valence-corrected chi connectivity index (χ4v) is 1.57. The van der Waals surface area contributed by atoms with Gasteiger partial charge in [0.05, 0.1) is 23.1 Å². The molecule has 0 aliphatic heterocycles. The Hall–Kier alpha value is -2.31. The predicted molar refractivity (Wildman–Crippen MR) is 68.1 cm³/mol. The molecule has 0 atom stereocenters. The molecule has 2 aromatic rings. The summed E-state index contributed by atoms with van der Waals surface area (Å²) in [4.78, 5) is 3.88. The Morgan fingerprint density at radius 1 is 1.20 bits per heavy atom. The first-order valence-corrected chi connectivity index (χ1v) is 5.63. The number of benzene rings is 1. The molecule has 106 valence electrons. The maximum Gasteiger partial charge on any atom is 0.416 e. The van der Waals surface area contributed by atoms with Crippen LogP contribution in [0.4, 0.5) is 34.8 Å². The summed E-state index contributed by atoms with van der Waals surface area (Å²) < 4.78 is 51.3. The lowest BCUT2D eigenvalue weighted by Crippen LogP contribution is -2.06. The largest absolute Gasteiger partial charge is 0.416 e. The number of anilines is 3. The van der Waals surface area contributed by atoms with E-state index >= 15 is 0 Å². The van der Waals surface area contributed by atoms with Crippen molar-refractivity contribution in [1.29, 1.82) is 0 Å². The SMILES string of the molecule is Cc1cc(Nc2cc(C(F)(F)F)ccc2F)ncc1N. The zero-order valence-electron chi connectivity index (χ0n) is 10.4. The molecule has 0 unspecified atom stereocenters. The number of nitrogens with zero attached hydrogens (tertiary/aromatic N) is 1. The highest BCUT2D eigenvalue weighted by atomic mass is 19.4. The molecule has 0 saturated heterocycles. The van der Waals surface area contributed by atoms with Crippen molar-refractivity contribution in [3.05, 3.63) is 47.4 Å². The number of aryl methyl sites for hydroxylation is 1. The van der Waals surface area contributed by atoms with E-state index in [0.29, 0.717) is 23.4 Å². The van der Waals surface area contributed by atoms with Crippen LogP contribution in [0.1, 0.15) is 11.1 Å². The number of halogens is 4. The molecule has 0 aliphatic carbocycles. The van der Waals surface area contributed by atoms with Crippen molar-refractivity contribution in [3.63, 3.8) is 0 Å². The Bertz CT molecular complexity index is 638. The first-order chi connectivity index (χ1) is 9.27. The zero-order valence-corrected chi connectivity index (χ0v) is 10.4. The molecule has 0 bridgehead atoms. The summed E-state index contributed by atoms with van der Waals surface area (Å²) in [6.45, 7) is 1.71. The van der Waals surface area contributed by atoms with Gasteiger partial charge in [0.15, 0.2) is 0 Å². The van der Waals surface area contributed by atoms with E-state index in [1.165, 1.54) is 12.3 Å². The second-order valence-corrected chi connectivity index (χ2v) is 4.24. The Labute approximate surface area is 112 Å². The molecule has 0 spiro atoms. The van der Waals surface area contributed by atoms with Crippen molar-refractivity contribution in [2.45, 2.75) is 13.1 Å². The Balaban J connectivity index is 2.35. The van der Waals surface area contributed by atoms with E-state index in [1.54, 1.807) is 6.92 Å². The van der Waals surface area contributed by atoms with E-state index in [2.05, 4.69) is 10.3 Å². The third-order valence-corrected chi connectivity index (χ3v) is 2.71. The molecule has 0 saturated carbocycles. The van der Waals surface area contributed by atoms with Crippen LogP contribution in [0.15, 0.2) is 30.5 Å². The standard InChI is InChI=1S/C13H11F4N3/c1-7-4-12(19-6-10(7)18)20-11-5-8(13(15,16)17)2-3-9(11)14/h2-6H,18H2,1H3,(H,19,20). The van der Waals surface area contributed by atoms with Gasteiger partial charge in [-0.3, -0.25) is 0 Å². The summed E-state index contributed by atoms with van der Waals surface area (Å²) in [6.07, 6.45) is -3.18. The molecular formula is C13H11F4N3. The average molecular weight is 285 g/mol. The number of pyridine rings is 1. The molecule has 1 heterocycles.